The van der Waals surface area contributed by atoms with E-state index >= 15 is 0 Å². The fourth-order valence-electron chi connectivity index (χ4n) is 2.43. The topological polar surface area (TPSA) is 51.5 Å². The molecule has 0 saturated carbocycles. The molecule has 0 bridgehead atoms. The highest BCUT2D eigenvalue weighted by molar-refractivity contribution is 7.12. The van der Waals surface area contributed by atoms with Gasteiger partial charge in [-0.2, -0.15) is 0 Å². The highest BCUT2D eigenvalue weighted by Crippen LogP contribution is 2.22. The molecule has 0 aliphatic heterocycles. The molecule has 0 atom stereocenters. The number of rotatable bonds is 6. The van der Waals surface area contributed by atoms with Crippen molar-refractivity contribution in [2.24, 2.45) is 0 Å². The summed E-state index contributed by atoms with van der Waals surface area (Å²) in [5.41, 5.74) is 1.11. The second-order valence-electron chi connectivity index (χ2n) is 5.64. The summed E-state index contributed by atoms with van der Waals surface area (Å²) in [7, 11) is 1.54. The third-order valence-electron chi connectivity index (χ3n) is 3.83. The Labute approximate surface area is 154 Å². The Hall–Kier alpha value is -2.93. The van der Waals surface area contributed by atoms with Crippen LogP contribution in [0.2, 0.25) is 0 Å². The lowest BCUT2D eigenvalue weighted by molar-refractivity contribution is -0.133. The number of thiophene rings is 1. The number of carbonyl (C=O) groups excluding carboxylic acids is 2. The van der Waals surface area contributed by atoms with E-state index < -0.39 is 18.5 Å². The lowest BCUT2D eigenvalue weighted by atomic mass is 10.2. The second kappa shape index (κ2) is 7.97. The molecule has 1 aromatic carbocycles. The maximum Gasteiger partial charge on any atom is 0.350 e. The molecule has 2 heterocycles. The average molecular weight is 372 g/mol. The van der Waals surface area contributed by atoms with Gasteiger partial charge in [-0.25, -0.2) is 9.18 Å². The molecule has 26 heavy (non-hydrogen) atoms. The first-order valence-corrected chi connectivity index (χ1v) is 8.79. The molecular formula is C19H17FN2O3S. The summed E-state index contributed by atoms with van der Waals surface area (Å²) in [4.78, 5) is 26.2. The Balaban J connectivity index is 1.59. The van der Waals surface area contributed by atoms with Gasteiger partial charge in [-0.15, -0.1) is 11.3 Å². The minimum atomic E-state index is -0.559. The molecule has 0 spiro atoms. The molecule has 3 aromatic rings. The van der Waals surface area contributed by atoms with Gasteiger partial charge in [0, 0.05) is 31.5 Å². The number of benzene rings is 1. The van der Waals surface area contributed by atoms with Crippen LogP contribution in [-0.4, -0.2) is 35.0 Å². The molecule has 0 radical (unpaired) electrons. The lowest BCUT2D eigenvalue weighted by Gasteiger charge is -2.17. The Bertz CT molecular complexity index is 905. The van der Waals surface area contributed by atoms with E-state index in [-0.39, 0.29) is 12.4 Å². The number of carbonyl (C=O) groups is 2. The number of amides is 1. The first-order valence-electron chi connectivity index (χ1n) is 7.91. The number of hydrogen-bond donors (Lipinski definition) is 0. The van der Waals surface area contributed by atoms with E-state index in [1.807, 2.05) is 30.6 Å². The molecule has 0 unspecified atom stereocenters. The van der Waals surface area contributed by atoms with E-state index in [0.29, 0.717) is 16.1 Å². The van der Waals surface area contributed by atoms with Crippen LogP contribution in [0.4, 0.5) is 4.39 Å². The van der Waals surface area contributed by atoms with Gasteiger partial charge < -0.3 is 14.2 Å². The van der Waals surface area contributed by atoms with E-state index in [1.54, 1.807) is 35.2 Å². The molecular weight excluding hydrogens is 355 g/mol. The molecule has 0 N–H and O–H groups in total. The molecule has 3 rings (SSSR count). The van der Waals surface area contributed by atoms with Crippen molar-refractivity contribution in [1.29, 1.82) is 0 Å². The molecule has 134 valence electrons. The van der Waals surface area contributed by atoms with Crippen LogP contribution in [0.25, 0.3) is 5.69 Å². The fraction of sp³-hybridized carbons (Fsp3) is 0.158. The standard InChI is InChI=1S/C19H17FN2O3S/c1-21(12-14-6-2-3-7-15(14)20)17(23)13-25-19(24)18-16(8-11-26-18)22-9-4-5-10-22/h2-11H,12-13H2,1H3. The van der Waals surface area contributed by atoms with Crippen molar-refractivity contribution in [3.63, 3.8) is 0 Å². The maximum absolute atomic E-state index is 13.7. The van der Waals surface area contributed by atoms with Crippen molar-refractivity contribution in [1.82, 2.24) is 9.47 Å². The first-order chi connectivity index (χ1) is 12.6. The van der Waals surface area contributed by atoms with Crippen LogP contribution in [0.15, 0.2) is 60.2 Å². The SMILES string of the molecule is CN(Cc1ccccc1F)C(=O)COC(=O)c1sccc1-n1cccc1. The van der Waals surface area contributed by atoms with Crippen LogP contribution in [0.3, 0.4) is 0 Å². The van der Waals surface area contributed by atoms with Gasteiger partial charge in [-0.05, 0) is 29.6 Å². The number of likely N-dealkylation sites (N-methyl/N-ethyl adjacent to an activating group) is 1. The van der Waals surface area contributed by atoms with Gasteiger partial charge in [-0.1, -0.05) is 18.2 Å². The highest BCUT2D eigenvalue weighted by atomic mass is 32.1. The Morgan fingerprint density at radius 3 is 2.62 bits per heavy atom. The van der Waals surface area contributed by atoms with Crippen LogP contribution in [0.1, 0.15) is 15.2 Å². The van der Waals surface area contributed by atoms with Crippen molar-refractivity contribution in [2.75, 3.05) is 13.7 Å². The number of halogens is 1. The molecule has 1 amide bonds. The molecule has 0 fully saturated rings. The number of esters is 1. The third-order valence-corrected chi connectivity index (χ3v) is 4.71. The van der Waals surface area contributed by atoms with Gasteiger partial charge >= 0.3 is 5.97 Å². The van der Waals surface area contributed by atoms with E-state index in [4.69, 9.17) is 4.74 Å². The summed E-state index contributed by atoms with van der Waals surface area (Å²) in [6.07, 6.45) is 3.65. The van der Waals surface area contributed by atoms with Gasteiger partial charge in [-0.3, -0.25) is 4.79 Å². The minimum Gasteiger partial charge on any atom is -0.451 e. The first kappa shape index (κ1) is 17.9. The Morgan fingerprint density at radius 2 is 1.88 bits per heavy atom. The summed E-state index contributed by atoms with van der Waals surface area (Å²) in [5.74, 6) is -1.34. The largest absolute Gasteiger partial charge is 0.451 e. The lowest BCUT2D eigenvalue weighted by Crippen LogP contribution is -2.31. The molecule has 0 aliphatic rings. The van der Waals surface area contributed by atoms with Crippen LogP contribution in [0.5, 0.6) is 0 Å². The average Bonchev–Trinajstić information content (AvgIpc) is 3.32. The van der Waals surface area contributed by atoms with Crippen LogP contribution in [0, 0.1) is 5.82 Å². The highest BCUT2D eigenvalue weighted by Gasteiger charge is 2.19. The molecule has 0 saturated heterocycles. The number of ether oxygens (including phenoxy) is 1. The zero-order chi connectivity index (χ0) is 18.5. The second-order valence-corrected chi connectivity index (χ2v) is 6.56. The zero-order valence-corrected chi connectivity index (χ0v) is 14.9. The van der Waals surface area contributed by atoms with Gasteiger partial charge in [0.15, 0.2) is 6.61 Å². The Kier molecular flexibility index (Phi) is 5.48. The van der Waals surface area contributed by atoms with E-state index in [2.05, 4.69) is 0 Å². The quantitative estimate of drug-likeness (QED) is 0.623. The van der Waals surface area contributed by atoms with Crippen LogP contribution in [-0.2, 0) is 16.1 Å². The summed E-state index contributed by atoms with van der Waals surface area (Å²) < 4.78 is 20.6. The number of nitrogens with zero attached hydrogens (tertiary/aromatic N) is 2. The van der Waals surface area contributed by atoms with E-state index in [9.17, 15) is 14.0 Å². The molecule has 7 heteroatoms. The van der Waals surface area contributed by atoms with Gasteiger partial charge in [0.25, 0.3) is 5.91 Å². The number of hydrogen-bond acceptors (Lipinski definition) is 4. The van der Waals surface area contributed by atoms with Crippen molar-refractivity contribution < 1.29 is 18.7 Å². The summed E-state index contributed by atoms with van der Waals surface area (Å²) in [5, 5.41) is 1.79. The van der Waals surface area contributed by atoms with Gasteiger partial charge in [0.2, 0.25) is 0 Å². The fourth-order valence-corrected chi connectivity index (χ4v) is 3.21. The van der Waals surface area contributed by atoms with Crippen LogP contribution >= 0.6 is 11.3 Å². The summed E-state index contributed by atoms with van der Waals surface area (Å²) >= 11 is 1.25. The van der Waals surface area contributed by atoms with Crippen molar-refractivity contribution in [2.45, 2.75) is 6.54 Å². The predicted octanol–water partition coefficient (Wildman–Crippen LogP) is 3.49. The van der Waals surface area contributed by atoms with E-state index in [0.717, 1.165) is 0 Å². The van der Waals surface area contributed by atoms with Gasteiger partial charge in [0.05, 0.1) is 5.69 Å². The normalized spacial score (nSPS) is 10.5. The third kappa shape index (κ3) is 4.00. The van der Waals surface area contributed by atoms with E-state index in [1.165, 1.54) is 22.3 Å². The summed E-state index contributed by atoms with van der Waals surface area (Å²) in [6, 6.07) is 11.8. The molecule has 2 aromatic heterocycles. The van der Waals surface area contributed by atoms with Gasteiger partial charge in [0.1, 0.15) is 10.7 Å². The van der Waals surface area contributed by atoms with Crippen LogP contribution < -0.4 is 0 Å². The van der Waals surface area contributed by atoms with Crippen molar-refractivity contribution in [3.8, 4) is 5.69 Å². The summed E-state index contributed by atoms with van der Waals surface area (Å²) in [6.45, 7) is -0.288. The van der Waals surface area contributed by atoms with Crippen molar-refractivity contribution >= 4 is 23.2 Å². The molecule has 0 aliphatic carbocycles. The van der Waals surface area contributed by atoms with Crippen molar-refractivity contribution in [3.05, 3.63) is 76.5 Å². The number of aromatic nitrogens is 1. The Morgan fingerprint density at radius 1 is 1.15 bits per heavy atom. The zero-order valence-electron chi connectivity index (χ0n) is 14.1. The maximum atomic E-state index is 13.7. The predicted molar refractivity (Wildman–Crippen MR) is 96.8 cm³/mol. The molecule has 5 nitrogen and oxygen atoms in total. The monoisotopic (exact) mass is 372 g/mol. The minimum absolute atomic E-state index is 0.108. The smallest absolute Gasteiger partial charge is 0.350 e.